The Morgan fingerprint density at radius 3 is 2.65 bits per heavy atom. The zero-order chi connectivity index (χ0) is 14.3. The predicted octanol–water partition coefficient (Wildman–Crippen LogP) is 3.17. The van der Waals surface area contributed by atoms with Crippen LogP contribution in [0.2, 0.25) is 0 Å². The number of nitrogens with zero attached hydrogens (tertiary/aromatic N) is 1. The molecule has 0 aliphatic carbocycles. The highest BCUT2D eigenvalue weighted by atomic mass is 19.1. The van der Waals surface area contributed by atoms with Gasteiger partial charge in [0.2, 0.25) is 5.91 Å². The molecule has 1 fully saturated rings. The molecule has 0 bridgehead atoms. The van der Waals surface area contributed by atoms with Crippen LogP contribution in [0.3, 0.4) is 0 Å². The predicted molar refractivity (Wildman–Crippen MR) is 72.4 cm³/mol. The van der Waals surface area contributed by atoms with Crippen LogP contribution in [0.1, 0.15) is 31.2 Å². The van der Waals surface area contributed by atoms with Crippen LogP contribution in [0.25, 0.3) is 10.9 Å². The van der Waals surface area contributed by atoms with Gasteiger partial charge in [0, 0.05) is 37.7 Å². The monoisotopic (exact) mass is 278 g/mol. The Morgan fingerprint density at radius 1 is 1.30 bits per heavy atom. The average molecular weight is 278 g/mol. The maximum Gasteiger partial charge on any atom is 0.219 e. The van der Waals surface area contributed by atoms with E-state index in [1.807, 2.05) is 0 Å². The molecule has 1 amide bonds. The maximum absolute atomic E-state index is 14.0. The highest BCUT2D eigenvalue weighted by Crippen LogP contribution is 2.34. The average Bonchev–Trinajstić information content (AvgIpc) is 2.82. The third-order valence-electron chi connectivity index (χ3n) is 4.11. The highest BCUT2D eigenvalue weighted by Gasteiger charge is 2.25. The number of piperidine rings is 1. The van der Waals surface area contributed by atoms with Gasteiger partial charge in [0.05, 0.1) is 5.52 Å². The van der Waals surface area contributed by atoms with Gasteiger partial charge in [-0.15, -0.1) is 0 Å². The molecule has 0 spiro atoms. The second kappa shape index (κ2) is 4.89. The lowest BCUT2D eigenvalue weighted by molar-refractivity contribution is -0.129. The fourth-order valence-corrected chi connectivity index (χ4v) is 3.04. The zero-order valence-electron chi connectivity index (χ0n) is 11.2. The second-order valence-electron chi connectivity index (χ2n) is 5.33. The molecule has 5 heteroatoms. The Kier molecular flexibility index (Phi) is 3.20. The molecule has 2 heterocycles. The molecule has 106 valence electrons. The molecule has 2 aromatic rings. The minimum Gasteiger partial charge on any atom is -0.361 e. The number of amides is 1. The van der Waals surface area contributed by atoms with Crippen molar-refractivity contribution in [3.63, 3.8) is 0 Å². The van der Waals surface area contributed by atoms with Crippen molar-refractivity contribution in [3.05, 3.63) is 35.5 Å². The Morgan fingerprint density at radius 2 is 2.00 bits per heavy atom. The fourth-order valence-electron chi connectivity index (χ4n) is 3.04. The van der Waals surface area contributed by atoms with Gasteiger partial charge < -0.3 is 9.88 Å². The summed E-state index contributed by atoms with van der Waals surface area (Å²) in [5.41, 5.74) is 1.38. The smallest absolute Gasteiger partial charge is 0.219 e. The molecule has 0 radical (unpaired) electrons. The number of carbonyl (C=O) groups excluding carboxylic acids is 1. The van der Waals surface area contributed by atoms with Crippen molar-refractivity contribution in [2.24, 2.45) is 0 Å². The van der Waals surface area contributed by atoms with Gasteiger partial charge in [-0.05, 0) is 30.4 Å². The third kappa shape index (κ3) is 2.17. The molecular formula is C15H16F2N2O. The van der Waals surface area contributed by atoms with E-state index in [1.165, 1.54) is 6.07 Å². The number of H-pyrrole nitrogens is 1. The van der Waals surface area contributed by atoms with Crippen molar-refractivity contribution in [1.29, 1.82) is 0 Å². The summed E-state index contributed by atoms with van der Waals surface area (Å²) < 4.78 is 27.2. The number of likely N-dealkylation sites (tertiary alicyclic amines) is 1. The summed E-state index contributed by atoms with van der Waals surface area (Å²) in [6, 6.07) is 2.23. The van der Waals surface area contributed by atoms with Crippen LogP contribution in [-0.2, 0) is 4.79 Å². The standard InChI is InChI=1S/C15H16F2N2O/c1-9(20)19-4-2-10(3-5-19)12-8-18-14-7-11(16)6-13(17)15(12)14/h6-8,10,18H,2-5H2,1H3. The first-order valence-corrected chi connectivity index (χ1v) is 6.78. The summed E-state index contributed by atoms with van der Waals surface area (Å²) in [5, 5.41) is 0.479. The lowest BCUT2D eigenvalue weighted by Crippen LogP contribution is -2.36. The van der Waals surface area contributed by atoms with Crippen LogP contribution >= 0.6 is 0 Å². The molecule has 0 saturated carbocycles. The van der Waals surface area contributed by atoms with Crippen LogP contribution in [0.4, 0.5) is 8.78 Å². The molecular weight excluding hydrogens is 262 g/mol. The van der Waals surface area contributed by atoms with Gasteiger partial charge in [-0.2, -0.15) is 0 Å². The van der Waals surface area contributed by atoms with Gasteiger partial charge in [-0.1, -0.05) is 0 Å². The van der Waals surface area contributed by atoms with Gasteiger partial charge in [0.1, 0.15) is 11.6 Å². The molecule has 1 saturated heterocycles. The topological polar surface area (TPSA) is 36.1 Å². The molecule has 1 aromatic heterocycles. The lowest BCUT2D eigenvalue weighted by Gasteiger charge is -2.31. The first-order valence-electron chi connectivity index (χ1n) is 6.78. The lowest BCUT2D eigenvalue weighted by atomic mass is 9.89. The molecule has 1 N–H and O–H groups in total. The number of halogens is 2. The molecule has 0 unspecified atom stereocenters. The summed E-state index contributed by atoms with van der Waals surface area (Å²) in [4.78, 5) is 16.1. The number of nitrogens with one attached hydrogen (secondary N) is 1. The minimum absolute atomic E-state index is 0.0793. The molecule has 1 aliphatic rings. The Balaban J connectivity index is 1.90. The van der Waals surface area contributed by atoms with Crippen LogP contribution in [-0.4, -0.2) is 28.9 Å². The van der Waals surface area contributed by atoms with Crippen LogP contribution in [0.5, 0.6) is 0 Å². The number of aromatic nitrogens is 1. The minimum atomic E-state index is -0.574. The molecule has 1 aliphatic heterocycles. The molecule has 3 rings (SSSR count). The van der Waals surface area contributed by atoms with E-state index in [0.717, 1.165) is 24.5 Å². The van der Waals surface area contributed by atoms with Crippen molar-refractivity contribution >= 4 is 16.8 Å². The van der Waals surface area contributed by atoms with Gasteiger partial charge in [-0.3, -0.25) is 4.79 Å². The first kappa shape index (κ1) is 13.1. The van der Waals surface area contributed by atoms with Crippen LogP contribution < -0.4 is 0 Å². The van der Waals surface area contributed by atoms with E-state index in [9.17, 15) is 13.6 Å². The largest absolute Gasteiger partial charge is 0.361 e. The summed E-state index contributed by atoms with van der Waals surface area (Å²) in [6.45, 7) is 2.94. The number of hydrogen-bond acceptors (Lipinski definition) is 1. The molecule has 20 heavy (non-hydrogen) atoms. The second-order valence-corrected chi connectivity index (χ2v) is 5.33. The summed E-state index contributed by atoms with van der Waals surface area (Å²) in [7, 11) is 0. The van der Waals surface area contributed by atoms with E-state index < -0.39 is 11.6 Å². The summed E-state index contributed by atoms with van der Waals surface area (Å²) in [6.07, 6.45) is 3.38. The summed E-state index contributed by atoms with van der Waals surface area (Å²) in [5.74, 6) is -0.810. The van der Waals surface area contributed by atoms with E-state index in [4.69, 9.17) is 0 Å². The van der Waals surface area contributed by atoms with Crippen molar-refractivity contribution in [1.82, 2.24) is 9.88 Å². The van der Waals surface area contributed by atoms with E-state index in [0.29, 0.717) is 24.0 Å². The number of rotatable bonds is 1. The van der Waals surface area contributed by atoms with Gasteiger partial charge >= 0.3 is 0 Å². The van der Waals surface area contributed by atoms with E-state index >= 15 is 0 Å². The molecule has 0 atom stereocenters. The number of carbonyl (C=O) groups is 1. The first-order chi connectivity index (χ1) is 9.56. The van der Waals surface area contributed by atoms with Gasteiger partial charge in [0.25, 0.3) is 0 Å². The van der Waals surface area contributed by atoms with E-state index in [2.05, 4.69) is 4.98 Å². The number of fused-ring (bicyclic) bond motifs is 1. The number of aromatic amines is 1. The maximum atomic E-state index is 14.0. The Bertz CT molecular complexity index is 657. The quantitative estimate of drug-likeness (QED) is 0.854. The van der Waals surface area contributed by atoms with E-state index in [-0.39, 0.29) is 11.8 Å². The SMILES string of the molecule is CC(=O)N1CCC(c2c[nH]c3cc(F)cc(F)c23)CC1. The van der Waals surface area contributed by atoms with Gasteiger partial charge in [0.15, 0.2) is 0 Å². The zero-order valence-corrected chi connectivity index (χ0v) is 11.2. The van der Waals surface area contributed by atoms with Crippen molar-refractivity contribution in [3.8, 4) is 0 Å². The van der Waals surface area contributed by atoms with Crippen molar-refractivity contribution < 1.29 is 13.6 Å². The highest BCUT2D eigenvalue weighted by molar-refractivity contribution is 5.84. The Hall–Kier alpha value is -1.91. The number of benzene rings is 1. The van der Waals surface area contributed by atoms with Crippen LogP contribution in [0, 0.1) is 11.6 Å². The van der Waals surface area contributed by atoms with Gasteiger partial charge in [-0.25, -0.2) is 8.78 Å². The van der Waals surface area contributed by atoms with Crippen LogP contribution in [0.15, 0.2) is 18.3 Å². The van der Waals surface area contributed by atoms with Crippen molar-refractivity contribution in [2.45, 2.75) is 25.7 Å². The number of hydrogen-bond donors (Lipinski definition) is 1. The van der Waals surface area contributed by atoms with Crippen molar-refractivity contribution in [2.75, 3.05) is 13.1 Å². The molecule has 3 nitrogen and oxygen atoms in total. The fraction of sp³-hybridized carbons (Fsp3) is 0.400. The summed E-state index contributed by atoms with van der Waals surface area (Å²) >= 11 is 0. The molecule has 1 aromatic carbocycles. The third-order valence-corrected chi connectivity index (χ3v) is 4.11. The Labute approximate surface area is 115 Å². The van der Waals surface area contributed by atoms with E-state index in [1.54, 1.807) is 18.0 Å². The normalized spacial score (nSPS) is 16.9.